The molecule has 0 spiro atoms. The Morgan fingerprint density at radius 3 is 2.56 bits per heavy atom. The summed E-state index contributed by atoms with van der Waals surface area (Å²) in [6, 6.07) is 3.68. The zero-order valence-corrected chi connectivity index (χ0v) is 13.5. The van der Waals surface area contributed by atoms with E-state index in [0.717, 1.165) is 25.0 Å². The zero-order valence-electron chi connectivity index (χ0n) is 13.5. The number of pyridine rings is 1. The summed E-state index contributed by atoms with van der Waals surface area (Å²) in [6.07, 6.45) is 8.65. The highest BCUT2D eigenvalue weighted by molar-refractivity contribution is 6.04. The van der Waals surface area contributed by atoms with Crippen molar-refractivity contribution in [2.24, 2.45) is 0 Å². The number of halogens is 3. The van der Waals surface area contributed by atoms with E-state index in [-0.39, 0.29) is 5.56 Å². The Balaban J connectivity index is 1.72. The smallest absolute Gasteiger partial charge is 0.257 e. The summed E-state index contributed by atoms with van der Waals surface area (Å²) in [5, 5.41) is 5.58. The molecule has 2 N–H and O–H groups in total. The molecule has 0 unspecified atom stereocenters. The molecule has 4 nitrogen and oxygen atoms in total. The van der Waals surface area contributed by atoms with Gasteiger partial charge in [0.1, 0.15) is 0 Å². The fraction of sp³-hybridized carbons (Fsp3) is 0.333. The molecule has 25 heavy (non-hydrogen) atoms. The lowest BCUT2D eigenvalue weighted by molar-refractivity contribution is 0.102. The summed E-state index contributed by atoms with van der Waals surface area (Å²) in [7, 11) is 0. The number of aromatic nitrogens is 1. The summed E-state index contributed by atoms with van der Waals surface area (Å²) in [4.78, 5) is 16.3. The Morgan fingerprint density at radius 2 is 1.80 bits per heavy atom. The monoisotopic (exact) mass is 349 g/mol. The van der Waals surface area contributed by atoms with Crippen LogP contribution in [0, 0.1) is 17.5 Å². The molecule has 1 aliphatic carbocycles. The van der Waals surface area contributed by atoms with Crippen LogP contribution in [0.4, 0.5) is 24.5 Å². The molecule has 1 amide bonds. The number of carbonyl (C=O) groups is 1. The van der Waals surface area contributed by atoms with E-state index in [4.69, 9.17) is 0 Å². The molecule has 0 bridgehead atoms. The molecule has 0 radical (unpaired) electrons. The third-order valence-corrected chi connectivity index (χ3v) is 4.26. The molecule has 0 atom stereocenters. The average molecular weight is 349 g/mol. The first kappa shape index (κ1) is 17.3. The topological polar surface area (TPSA) is 54.0 Å². The molecule has 2 aromatic rings. The van der Waals surface area contributed by atoms with E-state index in [9.17, 15) is 18.0 Å². The van der Waals surface area contributed by atoms with Gasteiger partial charge in [0.2, 0.25) is 0 Å². The maximum atomic E-state index is 13.7. The van der Waals surface area contributed by atoms with Gasteiger partial charge in [-0.2, -0.15) is 0 Å². The number of carbonyl (C=O) groups excluding carboxylic acids is 1. The minimum atomic E-state index is -1.62. The molecule has 1 aromatic carbocycles. The van der Waals surface area contributed by atoms with Crippen molar-refractivity contribution in [1.29, 1.82) is 0 Å². The minimum absolute atomic E-state index is 0.199. The average Bonchev–Trinajstić information content (AvgIpc) is 2.63. The van der Waals surface area contributed by atoms with Crippen molar-refractivity contribution >= 4 is 17.3 Å². The predicted molar refractivity (Wildman–Crippen MR) is 89.0 cm³/mol. The lowest BCUT2D eigenvalue weighted by atomic mass is 9.95. The molecule has 1 aromatic heterocycles. The highest BCUT2D eigenvalue weighted by atomic mass is 19.2. The van der Waals surface area contributed by atoms with Crippen LogP contribution in [-0.4, -0.2) is 16.9 Å². The lowest BCUT2D eigenvalue weighted by Crippen LogP contribution is -2.22. The minimum Gasteiger partial charge on any atom is -0.381 e. The highest BCUT2D eigenvalue weighted by Gasteiger charge is 2.17. The fourth-order valence-electron chi connectivity index (χ4n) is 2.94. The van der Waals surface area contributed by atoms with Gasteiger partial charge in [0, 0.05) is 18.4 Å². The molecular weight excluding hydrogens is 331 g/mol. The predicted octanol–water partition coefficient (Wildman–Crippen LogP) is 4.50. The summed E-state index contributed by atoms with van der Waals surface area (Å²) < 4.78 is 39.9. The molecule has 1 saturated carbocycles. The SMILES string of the molecule is O=C(Nc1ccc(F)c(F)c1F)c1cncc(NC2CCCCC2)c1. The van der Waals surface area contributed by atoms with Crippen LogP contribution in [0.1, 0.15) is 42.5 Å². The van der Waals surface area contributed by atoms with Gasteiger partial charge in [-0.15, -0.1) is 0 Å². The van der Waals surface area contributed by atoms with Crippen LogP contribution in [-0.2, 0) is 0 Å². The van der Waals surface area contributed by atoms with Gasteiger partial charge in [0.25, 0.3) is 5.91 Å². The number of hydrogen-bond acceptors (Lipinski definition) is 3. The van der Waals surface area contributed by atoms with Gasteiger partial charge in [-0.1, -0.05) is 19.3 Å². The molecule has 0 aliphatic heterocycles. The number of anilines is 2. The number of nitrogens with zero attached hydrogens (tertiary/aromatic N) is 1. The fourth-order valence-corrected chi connectivity index (χ4v) is 2.94. The second-order valence-electron chi connectivity index (χ2n) is 6.12. The van der Waals surface area contributed by atoms with Gasteiger partial charge in [-0.25, -0.2) is 13.2 Å². The van der Waals surface area contributed by atoms with Crippen molar-refractivity contribution < 1.29 is 18.0 Å². The second kappa shape index (κ2) is 7.55. The number of benzene rings is 1. The third kappa shape index (κ3) is 4.10. The van der Waals surface area contributed by atoms with Crippen molar-refractivity contribution in [1.82, 2.24) is 4.98 Å². The normalized spacial score (nSPS) is 15.0. The maximum Gasteiger partial charge on any atom is 0.257 e. The van der Waals surface area contributed by atoms with Crippen LogP contribution >= 0.6 is 0 Å². The van der Waals surface area contributed by atoms with Crippen molar-refractivity contribution in [3.63, 3.8) is 0 Å². The largest absolute Gasteiger partial charge is 0.381 e. The standard InChI is InChI=1S/C18H18F3N3O/c19-14-6-7-15(17(21)16(14)20)24-18(25)11-8-13(10-22-9-11)23-12-4-2-1-3-5-12/h6-10,12,23H,1-5H2,(H,24,25). The van der Waals surface area contributed by atoms with Crippen molar-refractivity contribution in [2.75, 3.05) is 10.6 Å². The summed E-state index contributed by atoms with van der Waals surface area (Å²) in [5.41, 5.74) is 0.477. The highest BCUT2D eigenvalue weighted by Crippen LogP contribution is 2.23. The molecule has 1 heterocycles. The first-order valence-corrected chi connectivity index (χ1v) is 8.21. The van der Waals surface area contributed by atoms with Crippen LogP contribution < -0.4 is 10.6 Å². The van der Waals surface area contributed by atoms with Crippen molar-refractivity contribution in [3.8, 4) is 0 Å². The Hall–Kier alpha value is -2.57. The van der Waals surface area contributed by atoms with Crippen molar-refractivity contribution in [2.45, 2.75) is 38.1 Å². The molecule has 7 heteroatoms. The molecular formula is C18H18F3N3O. The quantitative estimate of drug-likeness (QED) is 0.800. The van der Waals surface area contributed by atoms with Crippen LogP contribution in [0.15, 0.2) is 30.6 Å². The van der Waals surface area contributed by atoms with Crippen LogP contribution in [0.2, 0.25) is 0 Å². The van der Waals surface area contributed by atoms with Gasteiger partial charge in [-0.05, 0) is 31.0 Å². The number of rotatable bonds is 4. The lowest BCUT2D eigenvalue weighted by Gasteiger charge is -2.23. The summed E-state index contributed by atoms with van der Waals surface area (Å²) in [6.45, 7) is 0. The van der Waals surface area contributed by atoms with E-state index in [0.29, 0.717) is 11.7 Å². The van der Waals surface area contributed by atoms with E-state index >= 15 is 0 Å². The Labute approximate surface area is 143 Å². The van der Waals surface area contributed by atoms with Crippen LogP contribution in [0.3, 0.4) is 0 Å². The molecule has 1 fully saturated rings. The van der Waals surface area contributed by atoms with E-state index < -0.39 is 29.0 Å². The first-order chi connectivity index (χ1) is 12.0. The molecule has 1 aliphatic rings. The Kier molecular flexibility index (Phi) is 5.21. The van der Waals surface area contributed by atoms with Gasteiger partial charge < -0.3 is 10.6 Å². The van der Waals surface area contributed by atoms with E-state index in [1.807, 2.05) is 0 Å². The van der Waals surface area contributed by atoms with Gasteiger partial charge in [-0.3, -0.25) is 9.78 Å². The Morgan fingerprint density at radius 1 is 1.04 bits per heavy atom. The zero-order chi connectivity index (χ0) is 17.8. The van der Waals surface area contributed by atoms with Crippen LogP contribution in [0.5, 0.6) is 0 Å². The van der Waals surface area contributed by atoms with Gasteiger partial charge in [0.15, 0.2) is 17.5 Å². The number of amides is 1. The molecule has 0 saturated heterocycles. The van der Waals surface area contributed by atoms with E-state index in [1.165, 1.54) is 25.5 Å². The molecule has 3 rings (SSSR count). The van der Waals surface area contributed by atoms with Crippen LogP contribution in [0.25, 0.3) is 0 Å². The van der Waals surface area contributed by atoms with Crippen molar-refractivity contribution in [3.05, 3.63) is 53.6 Å². The third-order valence-electron chi connectivity index (χ3n) is 4.26. The molecule has 132 valence electrons. The number of nitrogens with one attached hydrogen (secondary N) is 2. The Bertz CT molecular complexity index is 776. The second-order valence-corrected chi connectivity index (χ2v) is 6.12. The van der Waals surface area contributed by atoms with E-state index in [2.05, 4.69) is 15.6 Å². The van der Waals surface area contributed by atoms with E-state index in [1.54, 1.807) is 12.3 Å². The van der Waals surface area contributed by atoms with Gasteiger partial charge >= 0.3 is 0 Å². The maximum absolute atomic E-state index is 13.7. The first-order valence-electron chi connectivity index (χ1n) is 8.21. The number of hydrogen-bond donors (Lipinski definition) is 2. The summed E-state index contributed by atoms with van der Waals surface area (Å²) in [5.74, 6) is -5.01. The summed E-state index contributed by atoms with van der Waals surface area (Å²) >= 11 is 0. The van der Waals surface area contributed by atoms with Gasteiger partial charge in [0.05, 0.1) is 16.9 Å².